The molecule has 1 aromatic carbocycles. The Morgan fingerprint density at radius 1 is 1.56 bits per heavy atom. The first-order valence-electron chi connectivity index (χ1n) is 5.72. The molecule has 0 saturated heterocycles. The number of methoxy groups -OCH3 is 1. The molecule has 1 aromatic rings. The van der Waals surface area contributed by atoms with Crippen LogP contribution < -0.4 is 5.32 Å². The summed E-state index contributed by atoms with van der Waals surface area (Å²) in [5.74, 6) is -0.0909. The van der Waals surface area contributed by atoms with Crippen LogP contribution in [0.2, 0.25) is 0 Å². The van der Waals surface area contributed by atoms with E-state index in [1.54, 1.807) is 7.11 Å². The van der Waals surface area contributed by atoms with E-state index in [1.807, 2.05) is 25.1 Å². The summed E-state index contributed by atoms with van der Waals surface area (Å²) in [6.07, 6.45) is 0.685. The maximum atomic E-state index is 11.9. The molecule has 0 heterocycles. The van der Waals surface area contributed by atoms with Gasteiger partial charge in [-0.3, -0.25) is 4.79 Å². The number of hydrogen-bond donors (Lipinski definition) is 1. The highest BCUT2D eigenvalue weighted by molar-refractivity contribution is 9.10. The first kappa shape index (κ1) is 15.5. The van der Waals surface area contributed by atoms with Gasteiger partial charge < -0.3 is 10.1 Å². The summed E-state index contributed by atoms with van der Waals surface area (Å²) < 4.78 is 5.72. The Hall–Kier alpha value is -0.580. The highest BCUT2D eigenvalue weighted by Gasteiger charge is 2.10. The minimum atomic E-state index is -0.0909. The summed E-state index contributed by atoms with van der Waals surface area (Å²) in [5.41, 5.74) is 1.70. The first-order chi connectivity index (χ1) is 8.54. The summed E-state index contributed by atoms with van der Waals surface area (Å²) >= 11 is 9.35. The lowest BCUT2D eigenvalue weighted by molar-refractivity contribution is 0.0951. The Bertz CT molecular complexity index is 412. The fourth-order valence-corrected chi connectivity index (χ4v) is 2.18. The Morgan fingerprint density at radius 3 is 2.94 bits per heavy atom. The number of aryl methyl sites for hydroxylation is 1. The van der Waals surface area contributed by atoms with Crippen molar-refractivity contribution in [2.24, 2.45) is 0 Å². The third-order valence-corrected chi connectivity index (χ3v) is 3.49. The minimum Gasteiger partial charge on any atom is -0.383 e. The van der Waals surface area contributed by atoms with E-state index in [4.69, 9.17) is 16.3 Å². The monoisotopic (exact) mass is 333 g/mol. The van der Waals surface area contributed by atoms with Gasteiger partial charge in [0, 0.05) is 18.1 Å². The van der Waals surface area contributed by atoms with E-state index >= 15 is 0 Å². The molecule has 0 fully saturated rings. The maximum absolute atomic E-state index is 11.9. The number of nitrogens with one attached hydrogen (secondary N) is 1. The standard InChI is InChI=1S/C13H17BrClNO2/c1-9-3-4-12(14)11(7-9)13(17)16-6-5-10(15)8-18-2/h3-4,7,10H,5-6,8H2,1-2H3,(H,16,17). The maximum Gasteiger partial charge on any atom is 0.252 e. The molecule has 0 aromatic heterocycles. The first-order valence-corrected chi connectivity index (χ1v) is 6.95. The molecule has 1 amide bonds. The van der Waals surface area contributed by atoms with E-state index in [0.717, 1.165) is 10.0 Å². The minimum absolute atomic E-state index is 0.0729. The zero-order valence-electron chi connectivity index (χ0n) is 10.5. The zero-order chi connectivity index (χ0) is 13.5. The fraction of sp³-hybridized carbons (Fsp3) is 0.462. The van der Waals surface area contributed by atoms with Crippen LogP contribution in [-0.2, 0) is 4.74 Å². The van der Waals surface area contributed by atoms with Gasteiger partial charge in [0.2, 0.25) is 0 Å². The van der Waals surface area contributed by atoms with Crippen molar-refractivity contribution in [3.63, 3.8) is 0 Å². The predicted octanol–water partition coefficient (Wildman–Crippen LogP) is 3.13. The average molecular weight is 335 g/mol. The lowest BCUT2D eigenvalue weighted by Gasteiger charge is -2.10. The van der Waals surface area contributed by atoms with Crippen LogP contribution in [0.15, 0.2) is 22.7 Å². The highest BCUT2D eigenvalue weighted by atomic mass is 79.9. The highest BCUT2D eigenvalue weighted by Crippen LogP contribution is 2.17. The van der Waals surface area contributed by atoms with Crippen molar-refractivity contribution in [1.82, 2.24) is 5.32 Å². The summed E-state index contributed by atoms with van der Waals surface area (Å²) in [5, 5.41) is 2.77. The predicted molar refractivity (Wildman–Crippen MR) is 77.3 cm³/mol. The second-order valence-electron chi connectivity index (χ2n) is 4.08. The van der Waals surface area contributed by atoms with Crippen LogP contribution in [0.5, 0.6) is 0 Å². The Kier molecular flexibility index (Phi) is 6.68. The van der Waals surface area contributed by atoms with Crippen LogP contribution in [0.3, 0.4) is 0 Å². The number of rotatable bonds is 6. The molecule has 1 N–H and O–H groups in total. The molecule has 5 heteroatoms. The van der Waals surface area contributed by atoms with Crippen molar-refractivity contribution >= 4 is 33.4 Å². The molecule has 1 atom stereocenters. The summed E-state index contributed by atoms with van der Waals surface area (Å²) in [6.45, 7) is 2.99. The molecular formula is C13H17BrClNO2. The topological polar surface area (TPSA) is 38.3 Å². The van der Waals surface area contributed by atoms with Gasteiger partial charge in [-0.25, -0.2) is 0 Å². The number of alkyl halides is 1. The number of carbonyl (C=O) groups excluding carboxylic acids is 1. The second-order valence-corrected chi connectivity index (χ2v) is 5.55. The molecule has 0 saturated carbocycles. The number of carbonyl (C=O) groups is 1. The molecular weight excluding hydrogens is 318 g/mol. The second kappa shape index (κ2) is 7.77. The quantitative estimate of drug-likeness (QED) is 0.812. The molecule has 1 rings (SSSR count). The number of halogens is 2. The molecule has 0 spiro atoms. The molecule has 1 unspecified atom stereocenters. The molecule has 0 aliphatic rings. The SMILES string of the molecule is COCC(Cl)CCNC(=O)c1cc(C)ccc1Br. The van der Waals surface area contributed by atoms with Gasteiger partial charge in [-0.15, -0.1) is 11.6 Å². The van der Waals surface area contributed by atoms with Crippen molar-refractivity contribution < 1.29 is 9.53 Å². The van der Waals surface area contributed by atoms with Crippen molar-refractivity contribution in [2.75, 3.05) is 20.3 Å². The van der Waals surface area contributed by atoms with Crippen molar-refractivity contribution in [3.05, 3.63) is 33.8 Å². The third-order valence-electron chi connectivity index (χ3n) is 2.46. The number of amides is 1. The smallest absolute Gasteiger partial charge is 0.252 e. The van der Waals surface area contributed by atoms with E-state index in [0.29, 0.717) is 25.1 Å². The third kappa shape index (κ3) is 4.96. The average Bonchev–Trinajstić information content (AvgIpc) is 2.32. The number of ether oxygens (including phenoxy) is 1. The van der Waals surface area contributed by atoms with Crippen molar-refractivity contribution in [1.29, 1.82) is 0 Å². The molecule has 18 heavy (non-hydrogen) atoms. The van der Waals surface area contributed by atoms with Crippen molar-refractivity contribution in [3.8, 4) is 0 Å². The van der Waals surface area contributed by atoms with E-state index in [9.17, 15) is 4.79 Å². The van der Waals surface area contributed by atoms with Gasteiger partial charge in [0.15, 0.2) is 0 Å². The zero-order valence-corrected chi connectivity index (χ0v) is 12.8. The van der Waals surface area contributed by atoms with Crippen LogP contribution >= 0.6 is 27.5 Å². The molecule has 3 nitrogen and oxygen atoms in total. The Balaban J connectivity index is 2.48. The van der Waals surface area contributed by atoms with E-state index in [-0.39, 0.29) is 11.3 Å². The fourth-order valence-electron chi connectivity index (χ4n) is 1.51. The van der Waals surface area contributed by atoms with Crippen LogP contribution in [0.25, 0.3) is 0 Å². The summed E-state index contributed by atoms with van der Waals surface area (Å²) in [6, 6.07) is 5.68. The van der Waals surface area contributed by atoms with Crippen LogP contribution in [0.4, 0.5) is 0 Å². The van der Waals surface area contributed by atoms with Gasteiger partial charge in [-0.2, -0.15) is 0 Å². The van der Waals surface area contributed by atoms with E-state index < -0.39 is 0 Å². The van der Waals surface area contributed by atoms with Crippen LogP contribution in [-0.4, -0.2) is 31.5 Å². The Morgan fingerprint density at radius 2 is 2.28 bits per heavy atom. The summed E-state index contributed by atoms with van der Waals surface area (Å²) in [7, 11) is 1.61. The molecule has 0 aliphatic heterocycles. The van der Waals surface area contributed by atoms with Crippen LogP contribution in [0, 0.1) is 6.92 Å². The lowest BCUT2D eigenvalue weighted by Crippen LogP contribution is -2.27. The van der Waals surface area contributed by atoms with Gasteiger partial charge in [-0.05, 0) is 41.4 Å². The molecule has 0 aliphatic carbocycles. The van der Waals surface area contributed by atoms with Crippen molar-refractivity contribution in [2.45, 2.75) is 18.7 Å². The molecule has 0 bridgehead atoms. The van der Waals surface area contributed by atoms with Gasteiger partial charge in [0.25, 0.3) is 5.91 Å². The number of hydrogen-bond acceptors (Lipinski definition) is 2. The van der Waals surface area contributed by atoms with Gasteiger partial charge in [0.05, 0.1) is 17.5 Å². The lowest BCUT2D eigenvalue weighted by atomic mass is 10.1. The largest absolute Gasteiger partial charge is 0.383 e. The molecule has 0 radical (unpaired) electrons. The van der Waals surface area contributed by atoms with Gasteiger partial charge in [0.1, 0.15) is 0 Å². The molecule has 100 valence electrons. The van der Waals surface area contributed by atoms with Gasteiger partial charge in [-0.1, -0.05) is 11.6 Å². The van der Waals surface area contributed by atoms with E-state index in [2.05, 4.69) is 21.2 Å². The summed E-state index contributed by atoms with van der Waals surface area (Å²) in [4.78, 5) is 11.9. The normalized spacial score (nSPS) is 12.2. The number of benzene rings is 1. The van der Waals surface area contributed by atoms with Crippen LogP contribution in [0.1, 0.15) is 22.3 Å². The van der Waals surface area contributed by atoms with Gasteiger partial charge >= 0.3 is 0 Å². The van der Waals surface area contributed by atoms with E-state index in [1.165, 1.54) is 0 Å². The Labute approximate surface area is 121 Å².